The van der Waals surface area contributed by atoms with E-state index in [1.54, 1.807) is 11.8 Å². The molecule has 0 aromatic heterocycles. The summed E-state index contributed by atoms with van der Waals surface area (Å²) in [5.41, 5.74) is 2.28. The van der Waals surface area contributed by atoms with Gasteiger partial charge in [0.1, 0.15) is 0 Å². The molecule has 1 N–H and O–H groups in total. The zero-order chi connectivity index (χ0) is 8.39. The van der Waals surface area contributed by atoms with Crippen LogP contribution in [0.3, 0.4) is 0 Å². The van der Waals surface area contributed by atoms with E-state index < -0.39 is 0 Å². The average molecular weight is 177 g/mol. The summed E-state index contributed by atoms with van der Waals surface area (Å²) in [6.45, 7) is 0.867. The van der Waals surface area contributed by atoms with Gasteiger partial charge in [-0.3, -0.25) is 0 Å². The smallest absolute Gasteiger partial charge is 0.161 e. The molecular weight excluding hydrogens is 168 g/mol. The molecule has 0 spiro atoms. The number of amidine groups is 1. The normalized spacial score (nSPS) is 14.6. The van der Waals surface area contributed by atoms with E-state index in [2.05, 4.69) is 16.4 Å². The van der Waals surface area contributed by atoms with Crippen LogP contribution >= 0.6 is 11.8 Å². The number of hydrogen-bond acceptors (Lipinski definition) is 3. The Morgan fingerprint density at radius 1 is 1.67 bits per heavy atom. The van der Waals surface area contributed by atoms with Crippen LogP contribution < -0.4 is 5.32 Å². The summed E-state index contributed by atoms with van der Waals surface area (Å²) < 4.78 is 0. The van der Waals surface area contributed by atoms with Crippen LogP contribution in [0.4, 0.5) is 5.69 Å². The number of aliphatic imine (C=N–C) groups is 1. The summed E-state index contributed by atoms with van der Waals surface area (Å²) in [5, 5.41) is 4.21. The fourth-order valence-electron chi connectivity index (χ4n) is 1.14. The first kappa shape index (κ1) is 7.68. The van der Waals surface area contributed by atoms with E-state index in [4.69, 9.17) is 0 Å². The molecule has 1 aromatic rings. The van der Waals surface area contributed by atoms with Crippen molar-refractivity contribution in [3.8, 4) is 0 Å². The molecule has 0 saturated carbocycles. The van der Waals surface area contributed by atoms with Crippen LogP contribution in [0.15, 0.2) is 23.2 Å². The van der Waals surface area contributed by atoms with E-state index in [9.17, 15) is 0 Å². The highest BCUT2D eigenvalue weighted by atomic mass is 32.2. The first-order valence-corrected chi connectivity index (χ1v) is 4.98. The third-order valence-corrected chi connectivity index (χ3v) is 2.39. The van der Waals surface area contributed by atoms with Crippen molar-refractivity contribution in [3.63, 3.8) is 0 Å². The van der Waals surface area contributed by atoms with Gasteiger partial charge < -0.3 is 5.32 Å². The molecule has 3 heteroatoms. The van der Waals surface area contributed by atoms with E-state index in [1.165, 1.54) is 5.56 Å². The molecule has 1 heterocycles. The highest BCUT2D eigenvalue weighted by Crippen LogP contribution is 2.22. The Morgan fingerprint density at radius 3 is 3.42 bits per heavy atom. The minimum atomic E-state index is 0.867. The summed E-state index contributed by atoms with van der Waals surface area (Å²) in [4.78, 5) is 4.41. The molecule has 0 atom stereocenters. The van der Waals surface area contributed by atoms with Gasteiger partial charge in [-0.15, -0.1) is 0 Å². The summed E-state index contributed by atoms with van der Waals surface area (Å²) in [5.74, 6) is 0. The van der Waals surface area contributed by atoms with Crippen molar-refractivity contribution in [2.24, 2.45) is 4.99 Å². The van der Waals surface area contributed by atoms with Crippen molar-refractivity contribution in [1.82, 2.24) is 5.32 Å². The Morgan fingerprint density at radius 2 is 2.58 bits per heavy atom. The van der Waals surface area contributed by atoms with Crippen molar-refractivity contribution < 1.29 is 0 Å². The summed E-state index contributed by atoms with van der Waals surface area (Å²) >= 11 is 1.64. The Balaban J connectivity index is 2.41. The van der Waals surface area contributed by atoms with Crippen molar-refractivity contribution in [1.29, 1.82) is 0 Å². The predicted octanol–water partition coefficient (Wildman–Crippen LogP) is 1.94. The van der Waals surface area contributed by atoms with Crippen LogP contribution in [0.25, 0.3) is 0 Å². The monoisotopic (exact) mass is 177 g/mol. The molecule has 1 aromatic carbocycles. The van der Waals surface area contributed by atoms with E-state index >= 15 is 0 Å². The largest absolute Gasteiger partial charge is 0.360 e. The molecule has 0 unspecified atom stereocenters. The SMILES string of the molecule is CSC1=Nc2cc[c]cc2CN1. The van der Waals surface area contributed by atoms with Crippen LogP contribution in [-0.2, 0) is 6.54 Å². The molecule has 0 aliphatic carbocycles. The maximum atomic E-state index is 4.41. The molecular formula is C9H9N2S. The van der Waals surface area contributed by atoms with Gasteiger partial charge in [0.2, 0.25) is 0 Å². The molecule has 1 aliphatic heterocycles. The van der Waals surface area contributed by atoms with Crippen LogP contribution in [0, 0.1) is 6.07 Å². The summed E-state index contributed by atoms with van der Waals surface area (Å²) in [6.07, 6.45) is 2.02. The Kier molecular flexibility index (Phi) is 2.04. The molecule has 0 bridgehead atoms. The van der Waals surface area contributed by atoms with Crippen molar-refractivity contribution in [2.45, 2.75) is 6.54 Å². The van der Waals surface area contributed by atoms with E-state index in [0.717, 1.165) is 17.4 Å². The van der Waals surface area contributed by atoms with Gasteiger partial charge in [-0.05, 0) is 30.0 Å². The molecule has 0 amide bonds. The average Bonchev–Trinajstić information content (AvgIpc) is 2.17. The minimum absolute atomic E-state index is 0.867. The molecule has 2 rings (SSSR count). The lowest BCUT2D eigenvalue weighted by Gasteiger charge is -2.15. The zero-order valence-corrected chi connectivity index (χ0v) is 7.61. The molecule has 1 radical (unpaired) electrons. The van der Waals surface area contributed by atoms with Crippen LogP contribution in [0.2, 0.25) is 0 Å². The van der Waals surface area contributed by atoms with Crippen LogP contribution in [0.5, 0.6) is 0 Å². The number of nitrogens with one attached hydrogen (secondary N) is 1. The highest BCUT2D eigenvalue weighted by molar-refractivity contribution is 8.13. The van der Waals surface area contributed by atoms with E-state index in [0.29, 0.717) is 0 Å². The van der Waals surface area contributed by atoms with Gasteiger partial charge in [-0.2, -0.15) is 0 Å². The first-order chi connectivity index (χ1) is 5.90. The lowest BCUT2D eigenvalue weighted by Crippen LogP contribution is -2.22. The molecule has 0 fully saturated rings. The van der Waals surface area contributed by atoms with Gasteiger partial charge in [-0.25, -0.2) is 4.99 Å². The second-order valence-corrected chi connectivity index (χ2v) is 3.32. The van der Waals surface area contributed by atoms with E-state index in [1.807, 2.05) is 24.5 Å². The highest BCUT2D eigenvalue weighted by Gasteiger charge is 2.08. The standard InChI is InChI=1S/C9H9N2S/c1-12-9-10-6-7-4-2-3-5-8(7)11-9/h3-5H,6H2,1H3,(H,10,11). The summed E-state index contributed by atoms with van der Waals surface area (Å²) in [7, 11) is 0. The predicted molar refractivity (Wildman–Crippen MR) is 52.7 cm³/mol. The van der Waals surface area contributed by atoms with Crippen LogP contribution in [0.1, 0.15) is 5.56 Å². The van der Waals surface area contributed by atoms with Gasteiger partial charge in [0.15, 0.2) is 5.17 Å². The third-order valence-electron chi connectivity index (χ3n) is 1.77. The molecule has 61 valence electrons. The lowest BCUT2D eigenvalue weighted by molar-refractivity contribution is 0.907. The number of benzene rings is 1. The summed E-state index contributed by atoms with van der Waals surface area (Å²) in [6, 6.07) is 8.90. The molecule has 2 nitrogen and oxygen atoms in total. The third kappa shape index (κ3) is 1.32. The Bertz CT molecular complexity index is 320. The van der Waals surface area contributed by atoms with Crippen LogP contribution in [-0.4, -0.2) is 11.4 Å². The number of nitrogens with zero attached hydrogens (tertiary/aromatic N) is 1. The topological polar surface area (TPSA) is 24.4 Å². The zero-order valence-electron chi connectivity index (χ0n) is 6.79. The number of rotatable bonds is 0. The number of fused-ring (bicyclic) bond motifs is 1. The van der Waals surface area contributed by atoms with Crippen molar-refractivity contribution >= 4 is 22.6 Å². The molecule has 12 heavy (non-hydrogen) atoms. The second-order valence-electron chi connectivity index (χ2n) is 2.53. The second kappa shape index (κ2) is 3.19. The van der Waals surface area contributed by atoms with Gasteiger partial charge in [0.25, 0.3) is 0 Å². The van der Waals surface area contributed by atoms with Gasteiger partial charge in [0.05, 0.1) is 5.69 Å². The van der Waals surface area contributed by atoms with Gasteiger partial charge >= 0.3 is 0 Å². The fraction of sp³-hybridized carbons (Fsp3) is 0.222. The van der Waals surface area contributed by atoms with Gasteiger partial charge in [-0.1, -0.05) is 17.8 Å². The lowest BCUT2D eigenvalue weighted by atomic mass is 10.1. The number of hydrogen-bond donors (Lipinski definition) is 1. The minimum Gasteiger partial charge on any atom is -0.360 e. The maximum absolute atomic E-state index is 4.41. The number of thioether (sulfide) groups is 1. The van der Waals surface area contributed by atoms with E-state index in [-0.39, 0.29) is 0 Å². The maximum Gasteiger partial charge on any atom is 0.161 e. The Labute approximate surface area is 76.1 Å². The molecule has 0 saturated heterocycles. The Hall–Kier alpha value is -0.960. The van der Waals surface area contributed by atoms with Crippen molar-refractivity contribution in [2.75, 3.05) is 6.26 Å². The first-order valence-electron chi connectivity index (χ1n) is 3.75. The van der Waals surface area contributed by atoms with Crippen molar-refractivity contribution in [3.05, 3.63) is 29.8 Å². The quantitative estimate of drug-likeness (QED) is 0.655. The van der Waals surface area contributed by atoms with Gasteiger partial charge in [0, 0.05) is 6.54 Å². The fourth-order valence-corrected chi connectivity index (χ4v) is 1.55. The molecule has 1 aliphatic rings.